The van der Waals surface area contributed by atoms with E-state index >= 15 is 0 Å². The fourth-order valence-electron chi connectivity index (χ4n) is 6.14. The van der Waals surface area contributed by atoms with E-state index in [0.29, 0.717) is 55.0 Å². The van der Waals surface area contributed by atoms with E-state index < -0.39 is 0 Å². The van der Waals surface area contributed by atoms with Gasteiger partial charge in [0.1, 0.15) is 17.1 Å². The normalized spacial score (nSPS) is 16.4. The molecule has 2 aromatic carbocycles. The van der Waals surface area contributed by atoms with E-state index in [1.54, 1.807) is 18.3 Å². The molecule has 2 aliphatic heterocycles. The second-order valence-corrected chi connectivity index (χ2v) is 11.4. The number of nitrogens with one attached hydrogen (secondary N) is 2. The number of rotatable bonds is 5. The molecule has 43 heavy (non-hydrogen) atoms. The van der Waals surface area contributed by atoms with Gasteiger partial charge in [0, 0.05) is 38.1 Å². The molecule has 2 N–H and O–H groups in total. The lowest BCUT2D eigenvalue weighted by Crippen LogP contribution is -2.49. The topological polar surface area (TPSA) is 120 Å². The third-order valence-electron chi connectivity index (χ3n) is 8.73. The van der Waals surface area contributed by atoms with Gasteiger partial charge in [-0.3, -0.25) is 9.59 Å². The standard InChI is InChI=1S/C33H32N8O2/c42-30(27-12-6-11-26(36-27)29-37-24-9-4-5-10-25(24)38-29)40-19-14-33(15-20-40)16-21-41(22-17-33)31(43)28-13-18-34-32(39-28)35-23-7-2-1-3-8-23/h1-13,18H,14-17,19-22H2,(H,37,38)(H,34,35,39). The first-order valence-corrected chi connectivity index (χ1v) is 14.7. The first kappa shape index (κ1) is 26.8. The fraction of sp³-hybridized carbons (Fsp3) is 0.273. The van der Waals surface area contributed by atoms with Crippen molar-refractivity contribution < 1.29 is 9.59 Å². The lowest BCUT2D eigenvalue weighted by Gasteiger charge is -2.46. The first-order valence-electron chi connectivity index (χ1n) is 14.7. The van der Waals surface area contributed by atoms with Crippen LogP contribution in [0.25, 0.3) is 22.6 Å². The number of aromatic amines is 1. The number of nitrogens with zero attached hydrogens (tertiary/aromatic N) is 6. The Hall–Kier alpha value is -5.12. The van der Waals surface area contributed by atoms with E-state index in [1.165, 1.54) is 0 Å². The third-order valence-corrected chi connectivity index (χ3v) is 8.73. The molecule has 2 fully saturated rings. The summed E-state index contributed by atoms with van der Waals surface area (Å²) in [5.74, 6) is 0.932. The Kier molecular flexibility index (Phi) is 7.02. The number of hydrogen-bond donors (Lipinski definition) is 2. The van der Waals surface area contributed by atoms with Gasteiger partial charge in [0.2, 0.25) is 5.95 Å². The maximum atomic E-state index is 13.4. The molecule has 10 heteroatoms. The maximum absolute atomic E-state index is 13.4. The predicted molar refractivity (Wildman–Crippen MR) is 164 cm³/mol. The molecular weight excluding hydrogens is 540 g/mol. The fourth-order valence-corrected chi connectivity index (χ4v) is 6.14. The Morgan fingerprint density at radius 3 is 2.05 bits per heavy atom. The number of likely N-dealkylation sites (tertiary alicyclic amines) is 2. The molecule has 2 aliphatic rings. The van der Waals surface area contributed by atoms with Crippen molar-refractivity contribution in [2.24, 2.45) is 5.41 Å². The van der Waals surface area contributed by atoms with Crippen molar-refractivity contribution in [3.05, 3.63) is 96.4 Å². The molecule has 5 aromatic rings. The highest BCUT2D eigenvalue weighted by Gasteiger charge is 2.40. The summed E-state index contributed by atoms with van der Waals surface area (Å²) in [6, 6.07) is 24.7. The van der Waals surface area contributed by atoms with Gasteiger partial charge in [0.05, 0.1) is 11.0 Å². The number of imidazole rings is 1. The van der Waals surface area contributed by atoms with Crippen LogP contribution in [0.5, 0.6) is 0 Å². The molecule has 1 spiro atoms. The molecule has 0 saturated carbocycles. The van der Waals surface area contributed by atoms with Gasteiger partial charge in [0.25, 0.3) is 11.8 Å². The number of carbonyl (C=O) groups is 2. The van der Waals surface area contributed by atoms with Crippen molar-refractivity contribution in [1.82, 2.24) is 34.7 Å². The number of aromatic nitrogens is 5. The van der Waals surface area contributed by atoms with Crippen molar-refractivity contribution in [3.63, 3.8) is 0 Å². The van der Waals surface area contributed by atoms with E-state index in [9.17, 15) is 9.59 Å². The molecule has 3 aromatic heterocycles. The zero-order valence-electron chi connectivity index (χ0n) is 23.7. The molecule has 2 saturated heterocycles. The zero-order chi connectivity index (χ0) is 29.2. The second kappa shape index (κ2) is 11.3. The Morgan fingerprint density at radius 1 is 0.698 bits per heavy atom. The Balaban J connectivity index is 0.952. The van der Waals surface area contributed by atoms with Gasteiger partial charge in [0.15, 0.2) is 5.82 Å². The largest absolute Gasteiger partial charge is 0.337 e. The first-order chi connectivity index (χ1) is 21.1. The van der Waals surface area contributed by atoms with Crippen molar-refractivity contribution in [2.75, 3.05) is 31.5 Å². The highest BCUT2D eigenvalue weighted by atomic mass is 16.2. The Morgan fingerprint density at radius 2 is 1.35 bits per heavy atom. The minimum atomic E-state index is -0.0728. The summed E-state index contributed by atoms with van der Waals surface area (Å²) in [6.07, 6.45) is 5.29. The van der Waals surface area contributed by atoms with Crippen LogP contribution in [0.1, 0.15) is 46.7 Å². The summed E-state index contributed by atoms with van der Waals surface area (Å²) in [7, 11) is 0. The quantitative estimate of drug-likeness (QED) is 0.293. The molecule has 0 unspecified atom stereocenters. The highest BCUT2D eigenvalue weighted by molar-refractivity contribution is 5.93. The molecule has 10 nitrogen and oxygen atoms in total. The third kappa shape index (κ3) is 5.55. The number of piperidine rings is 2. The van der Waals surface area contributed by atoms with Crippen molar-refractivity contribution in [2.45, 2.75) is 25.7 Å². The van der Waals surface area contributed by atoms with E-state index in [-0.39, 0.29) is 17.2 Å². The van der Waals surface area contributed by atoms with Gasteiger partial charge in [-0.1, -0.05) is 36.4 Å². The van der Waals surface area contributed by atoms with Crippen LogP contribution >= 0.6 is 0 Å². The number of anilines is 2. The van der Waals surface area contributed by atoms with Gasteiger partial charge >= 0.3 is 0 Å². The second-order valence-electron chi connectivity index (χ2n) is 11.4. The van der Waals surface area contributed by atoms with Crippen LogP contribution in [0, 0.1) is 5.41 Å². The number of hydrogen-bond acceptors (Lipinski definition) is 7. The van der Waals surface area contributed by atoms with Crippen LogP contribution in [-0.4, -0.2) is 72.7 Å². The molecule has 5 heterocycles. The summed E-state index contributed by atoms with van der Waals surface area (Å²) in [5, 5.41) is 3.16. The highest BCUT2D eigenvalue weighted by Crippen LogP contribution is 2.41. The maximum Gasteiger partial charge on any atom is 0.272 e. The Bertz CT molecular complexity index is 1740. The van der Waals surface area contributed by atoms with Crippen LogP contribution < -0.4 is 5.32 Å². The summed E-state index contributed by atoms with van der Waals surface area (Å²) in [4.78, 5) is 51.9. The molecule has 2 amide bonds. The molecular formula is C33H32N8O2. The molecule has 0 radical (unpaired) electrons. The van der Waals surface area contributed by atoms with Crippen molar-refractivity contribution >= 4 is 34.5 Å². The number of para-hydroxylation sites is 3. The van der Waals surface area contributed by atoms with Crippen LogP contribution in [-0.2, 0) is 0 Å². The molecule has 216 valence electrons. The van der Waals surface area contributed by atoms with Crippen molar-refractivity contribution in [1.29, 1.82) is 0 Å². The molecule has 0 aliphatic carbocycles. The lowest BCUT2D eigenvalue weighted by atomic mass is 9.71. The van der Waals surface area contributed by atoms with Gasteiger partial charge in [-0.25, -0.2) is 19.9 Å². The number of fused-ring (bicyclic) bond motifs is 1. The number of amides is 2. The van der Waals surface area contributed by atoms with Crippen LogP contribution in [0.15, 0.2) is 85.1 Å². The zero-order valence-corrected chi connectivity index (χ0v) is 23.7. The average Bonchev–Trinajstić information content (AvgIpc) is 3.50. The van der Waals surface area contributed by atoms with Gasteiger partial charge < -0.3 is 20.1 Å². The minimum absolute atomic E-state index is 0.0518. The summed E-state index contributed by atoms with van der Waals surface area (Å²) < 4.78 is 0. The minimum Gasteiger partial charge on any atom is -0.337 e. The Labute approximate surface area is 249 Å². The molecule has 7 rings (SSSR count). The van der Waals surface area contributed by atoms with E-state index in [2.05, 4.69) is 30.2 Å². The van der Waals surface area contributed by atoms with Crippen molar-refractivity contribution in [3.8, 4) is 11.5 Å². The average molecular weight is 573 g/mol. The van der Waals surface area contributed by atoms with E-state index in [0.717, 1.165) is 42.4 Å². The SMILES string of the molecule is O=C(c1cccc(-c2nc3ccccc3[nH]2)n1)N1CCC2(CC1)CCN(C(=O)c1ccnc(Nc3ccccc3)n1)CC2. The van der Waals surface area contributed by atoms with Gasteiger partial charge in [-0.05, 0) is 73.6 Å². The van der Waals surface area contributed by atoms with Crippen LogP contribution in [0.3, 0.4) is 0 Å². The van der Waals surface area contributed by atoms with Gasteiger partial charge in [-0.15, -0.1) is 0 Å². The predicted octanol–water partition coefficient (Wildman–Crippen LogP) is 5.32. The van der Waals surface area contributed by atoms with Gasteiger partial charge in [-0.2, -0.15) is 0 Å². The van der Waals surface area contributed by atoms with Crippen LogP contribution in [0.4, 0.5) is 11.6 Å². The van der Waals surface area contributed by atoms with Crippen LogP contribution in [0.2, 0.25) is 0 Å². The lowest BCUT2D eigenvalue weighted by molar-refractivity contribution is 0.0276. The number of benzene rings is 2. The summed E-state index contributed by atoms with van der Waals surface area (Å²) >= 11 is 0. The van der Waals surface area contributed by atoms with E-state index in [1.807, 2.05) is 76.5 Å². The van der Waals surface area contributed by atoms with E-state index in [4.69, 9.17) is 0 Å². The number of pyridine rings is 1. The number of H-pyrrole nitrogens is 1. The molecule has 0 atom stereocenters. The number of carbonyl (C=O) groups excluding carboxylic acids is 2. The monoisotopic (exact) mass is 572 g/mol. The smallest absolute Gasteiger partial charge is 0.272 e. The molecule has 0 bridgehead atoms. The summed E-state index contributed by atoms with van der Waals surface area (Å²) in [5.41, 5.74) is 4.29. The summed E-state index contributed by atoms with van der Waals surface area (Å²) in [6.45, 7) is 2.73.